The van der Waals surface area contributed by atoms with Crippen LogP contribution in [0, 0.1) is 12.7 Å². The Hall–Kier alpha value is -1.000. The van der Waals surface area contributed by atoms with Gasteiger partial charge >= 0.3 is 0 Å². The lowest BCUT2D eigenvalue weighted by Crippen LogP contribution is -2.04. The average Bonchev–Trinajstić information content (AvgIpc) is 2.30. The van der Waals surface area contributed by atoms with E-state index < -0.39 is 5.82 Å². The first-order valence-electron chi connectivity index (χ1n) is 5.24. The summed E-state index contributed by atoms with van der Waals surface area (Å²) in [6.45, 7) is 1.79. The molecule has 0 radical (unpaired) electrons. The lowest BCUT2D eigenvalue weighted by Gasteiger charge is -2.06. The predicted octanol–water partition coefficient (Wildman–Crippen LogP) is 4.89. The van der Waals surface area contributed by atoms with Gasteiger partial charge in [-0.2, -0.15) is 0 Å². The molecular weight excluding hydrogens is 363 g/mol. The summed E-state index contributed by atoms with van der Waals surface area (Å²) in [6, 6.07) is 9.51. The molecule has 0 saturated heterocycles. The minimum atomic E-state index is -0.405. The van der Waals surface area contributed by atoms with Gasteiger partial charge in [0, 0.05) is 20.1 Å². The molecule has 1 nitrogen and oxygen atoms in total. The van der Waals surface area contributed by atoms with Crippen LogP contribution in [0.15, 0.2) is 45.3 Å². The first-order valence-corrected chi connectivity index (χ1v) is 6.83. The van der Waals surface area contributed by atoms with Crippen molar-refractivity contribution in [3.05, 3.63) is 67.9 Å². The van der Waals surface area contributed by atoms with E-state index in [0.29, 0.717) is 11.1 Å². The molecule has 0 aliphatic heterocycles. The number of hydrogen-bond donors (Lipinski definition) is 0. The Morgan fingerprint density at radius 2 is 1.67 bits per heavy atom. The smallest absolute Gasteiger partial charge is 0.193 e. The van der Waals surface area contributed by atoms with Gasteiger partial charge in [-0.05, 0) is 42.8 Å². The normalized spacial score (nSPS) is 10.4. The molecule has 0 spiro atoms. The molecule has 0 aliphatic rings. The van der Waals surface area contributed by atoms with Crippen molar-refractivity contribution in [2.75, 3.05) is 0 Å². The van der Waals surface area contributed by atoms with Gasteiger partial charge in [0.05, 0.1) is 0 Å². The molecule has 0 heterocycles. The fraction of sp³-hybridized carbons (Fsp3) is 0.0714. The van der Waals surface area contributed by atoms with E-state index >= 15 is 0 Å². The van der Waals surface area contributed by atoms with Crippen LogP contribution in [-0.2, 0) is 0 Å². The summed E-state index contributed by atoms with van der Waals surface area (Å²) in [5.74, 6) is -0.591. The Morgan fingerprint density at radius 3 is 2.28 bits per heavy atom. The SMILES string of the molecule is Cc1ccc(F)cc1C(=O)c1cc(Br)cc(Br)c1. The maximum atomic E-state index is 13.2. The molecule has 0 aromatic heterocycles. The Kier molecular flexibility index (Phi) is 3.97. The molecule has 0 atom stereocenters. The maximum absolute atomic E-state index is 13.2. The molecule has 0 aliphatic carbocycles. The van der Waals surface area contributed by atoms with Crippen molar-refractivity contribution in [3.8, 4) is 0 Å². The van der Waals surface area contributed by atoms with Crippen LogP contribution in [0.3, 0.4) is 0 Å². The minimum absolute atomic E-state index is 0.186. The number of ketones is 1. The third kappa shape index (κ3) is 2.87. The molecule has 4 heteroatoms. The summed E-state index contributed by atoms with van der Waals surface area (Å²) in [6.07, 6.45) is 0. The van der Waals surface area contributed by atoms with E-state index in [1.54, 1.807) is 25.1 Å². The van der Waals surface area contributed by atoms with Crippen molar-refractivity contribution in [3.63, 3.8) is 0 Å². The Balaban J connectivity index is 2.51. The third-order valence-corrected chi connectivity index (χ3v) is 3.48. The highest BCUT2D eigenvalue weighted by atomic mass is 79.9. The Bertz CT molecular complexity index is 603. The standard InChI is InChI=1S/C14H9Br2FO/c1-8-2-3-12(17)7-13(8)14(18)9-4-10(15)6-11(16)5-9/h2-7H,1H3. The van der Waals surface area contributed by atoms with Gasteiger partial charge < -0.3 is 0 Å². The van der Waals surface area contributed by atoms with Crippen molar-refractivity contribution >= 4 is 37.6 Å². The Labute approximate surface area is 121 Å². The monoisotopic (exact) mass is 370 g/mol. The average molecular weight is 372 g/mol. The van der Waals surface area contributed by atoms with Crippen LogP contribution < -0.4 is 0 Å². The van der Waals surface area contributed by atoms with E-state index in [4.69, 9.17) is 0 Å². The van der Waals surface area contributed by atoms with Crippen molar-refractivity contribution in [2.45, 2.75) is 6.92 Å². The van der Waals surface area contributed by atoms with Gasteiger partial charge in [-0.3, -0.25) is 4.79 Å². The zero-order valence-corrected chi connectivity index (χ0v) is 12.7. The topological polar surface area (TPSA) is 17.1 Å². The van der Waals surface area contributed by atoms with E-state index in [-0.39, 0.29) is 5.78 Å². The predicted molar refractivity (Wildman–Crippen MR) is 76.4 cm³/mol. The summed E-state index contributed by atoms with van der Waals surface area (Å²) in [4.78, 5) is 12.3. The first kappa shape index (κ1) is 13.4. The van der Waals surface area contributed by atoms with Crippen LogP contribution in [0.4, 0.5) is 4.39 Å². The van der Waals surface area contributed by atoms with Crippen LogP contribution in [0.5, 0.6) is 0 Å². The van der Waals surface area contributed by atoms with E-state index in [1.165, 1.54) is 12.1 Å². The summed E-state index contributed by atoms with van der Waals surface area (Å²) >= 11 is 6.66. The van der Waals surface area contributed by atoms with E-state index in [0.717, 1.165) is 14.5 Å². The van der Waals surface area contributed by atoms with Gasteiger partial charge in [-0.15, -0.1) is 0 Å². The number of carbonyl (C=O) groups is 1. The fourth-order valence-corrected chi connectivity index (χ4v) is 2.97. The number of carbonyl (C=O) groups excluding carboxylic acids is 1. The summed E-state index contributed by atoms with van der Waals surface area (Å²) in [5, 5.41) is 0. The van der Waals surface area contributed by atoms with Gasteiger partial charge in [-0.25, -0.2) is 4.39 Å². The number of hydrogen-bond acceptors (Lipinski definition) is 1. The van der Waals surface area contributed by atoms with Crippen molar-refractivity contribution in [2.24, 2.45) is 0 Å². The number of halogens is 3. The second-order valence-corrected chi connectivity index (χ2v) is 5.78. The van der Waals surface area contributed by atoms with Crippen LogP contribution in [0.2, 0.25) is 0 Å². The largest absolute Gasteiger partial charge is 0.289 e. The lowest BCUT2D eigenvalue weighted by atomic mass is 9.99. The lowest BCUT2D eigenvalue weighted by molar-refractivity contribution is 0.103. The highest BCUT2D eigenvalue weighted by molar-refractivity contribution is 9.11. The highest BCUT2D eigenvalue weighted by Crippen LogP contribution is 2.23. The van der Waals surface area contributed by atoms with Crippen molar-refractivity contribution in [1.29, 1.82) is 0 Å². The van der Waals surface area contributed by atoms with Crippen LogP contribution in [0.25, 0.3) is 0 Å². The molecule has 2 aromatic rings. The van der Waals surface area contributed by atoms with Gasteiger partial charge in [0.2, 0.25) is 0 Å². The summed E-state index contributed by atoms with van der Waals surface area (Å²) in [5.41, 5.74) is 1.67. The summed E-state index contributed by atoms with van der Waals surface area (Å²) in [7, 11) is 0. The molecule has 0 N–H and O–H groups in total. The molecule has 2 aromatic carbocycles. The second-order valence-electron chi connectivity index (χ2n) is 3.95. The van der Waals surface area contributed by atoms with Crippen LogP contribution in [-0.4, -0.2) is 5.78 Å². The van der Waals surface area contributed by atoms with Gasteiger partial charge in [0.15, 0.2) is 5.78 Å². The second kappa shape index (κ2) is 5.33. The quantitative estimate of drug-likeness (QED) is 0.687. The van der Waals surface area contributed by atoms with Crippen molar-refractivity contribution < 1.29 is 9.18 Å². The first-order chi connectivity index (χ1) is 8.47. The molecule has 2 rings (SSSR count). The van der Waals surface area contributed by atoms with Crippen LogP contribution >= 0.6 is 31.9 Å². The molecular formula is C14H9Br2FO. The van der Waals surface area contributed by atoms with Gasteiger partial charge in [0.1, 0.15) is 5.82 Å². The number of rotatable bonds is 2. The zero-order valence-electron chi connectivity index (χ0n) is 9.51. The van der Waals surface area contributed by atoms with E-state index in [1.807, 2.05) is 6.07 Å². The highest BCUT2D eigenvalue weighted by Gasteiger charge is 2.13. The zero-order chi connectivity index (χ0) is 13.3. The molecule has 0 saturated carbocycles. The number of benzene rings is 2. The van der Waals surface area contributed by atoms with E-state index in [2.05, 4.69) is 31.9 Å². The molecule has 92 valence electrons. The van der Waals surface area contributed by atoms with Crippen molar-refractivity contribution in [1.82, 2.24) is 0 Å². The van der Waals surface area contributed by atoms with Crippen LogP contribution in [0.1, 0.15) is 21.5 Å². The van der Waals surface area contributed by atoms with Gasteiger partial charge in [-0.1, -0.05) is 37.9 Å². The molecule has 0 bridgehead atoms. The molecule has 18 heavy (non-hydrogen) atoms. The Morgan fingerprint density at radius 1 is 1.06 bits per heavy atom. The fourth-order valence-electron chi connectivity index (χ4n) is 1.68. The number of aryl methyl sites for hydroxylation is 1. The van der Waals surface area contributed by atoms with E-state index in [9.17, 15) is 9.18 Å². The maximum Gasteiger partial charge on any atom is 0.193 e. The third-order valence-electron chi connectivity index (χ3n) is 2.57. The molecule has 0 unspecified atom stereocenters. The summed E-state index contributed by atoms with van der Waals surface area (Å²) < 4.78 is 14.8. The minimum Gasteiger partial charge on any atom is -0.289 e. The van der Waals surface area contributed by atoms with Gasteiger partial charge in [0.25, 0.3) is 0 Å². The molecule has 0 amide bonds. The molecule has 0 fully saturated rings.